The summed E-state index contributed by atoms with van der Waals surface area (Å²) in [6.07, 6.45) is 0. The lowest BCUT2D eigenvalue weighted by Gasteiger charge is -2.01. The molecule has 2 N–H and O–H groups in total. The molecule has 5 heteroatoms. The molecule has 5 nitrogen and oxygen atoms in total. The fourth-order valence-electron chi connectivity index (χ4n) is 2.29. The summed E-state index contributed by atoms with van der Waals surface area (Å²) in [4.78, 5) is 10.2. The lowest BCUT2D eigenvalue weighted by atomic mass is 10.1. The first-order valence-corrected chi connectivity index (χ1v) is 5.89. The van der Waals surface area contributed by atoms with Crippen molar-refractivity contribution in [3.63, 3.8) is 0 Å². The van der Waals surface area contributed by atoms with Gasteiger partial charge in [0.05, 0.1) is 10.5 Å². The van der Waals surface area contributed by atoms with E-state index in [-0.39, 0.29) is 5.69 Å². The molecule has 0 fully saturated rings. The summed E-state index contributed by atoms with van der Waals surface area (Å²) >= 11 is 0. The van der Waals surface area contributed by atoms with E-state index in [9.17, 15) is 10.1 Å². The van der Waals surface area contributed by atoms with Crippen LogP contribution in [0.25, 0.3) is 0 Å². The van der Waals surface area contributed by atoms with Gasteiger partial charge in [-0.25, -0.2) is 4.58 Å². The molecule has 0 aliphatic carbocycles. The van der Waals surface area contributed by atoms with Gasteiger partial charge in [-0.15, -0.1) is 0 Å². The zero-order valence-electron chi connectivity index (χ0n) is 10.1. The molecule has 1 heterocycles. The molecule has 2 aromatic carbocycles. The number of rotatable bonds is 2. The normalized spacial score (nSPS) is 13.5. The Bertz CT molecular complexity index is 690. The fraction of sp³-hybridized carbons (Fsp3) is 0.0714. The first-order chi connectivity index (χ1) is 9.16. The van der Waals surface area contributed by atoms with Crippen LogP contribution in [0.3, 0.4) is 0 Å². The highest BCUT2D eigenvalue weighted by molar-refractivity contribution is 5.97. The van der Waals surface area contributed by atoms with E-state index in [1.807, 2.05) is 28.8 Å². The van der Waals surface area contributed by atoms with E-state index in [0.29, 0.717) is 12.4 Å². The van der Waals surface area contributed by atoms with Crippen LogP contribution in [0, 0.1) is 10.1 Å². The van der Waals surface area contributed by atoms with Crippen molar-refractivity contribution in [3.05, 3.63) is 69.8 Å². The van der Waals surface area contributed by atoms with E-state index in [2.05, 4.69) is 0 Å². The van der Waals surface area contributed by atoms with Crippen molar-refractivity contribution >= 4 is 17.2 Å². The van der Waals surface area contributed by atoms with Gasteiger partial charge in [-0.3, -0.25) is 15.8 Å². The molecular formula is C14H12N3O2+. The zero-order valence-corrected chi connectivity index (χ0v) is 10.1. The van der Waals surface area contributed by atoms with Crippen LogP contribution in [0.2, 0.25) is 0 Å². The van der Waals surface area contributed by atoms with Crippen LogP contribution in [-0.2, 0) is 6.54 Å². The van der Waals surface area contributed by atoms with Crippen molar-refractivity contribution in [2.45, 2.75) is 6.54 Å². The van der Waals surface area contributed by atoms with E-state index < -0.39 is 4.92 Å². The number of nitrogens with zero attached hydrogens (tertiary/aromatic N) is 2. The molecule has 0 unspecified atom stereocenters. The van der Waals surface area contributed by atoms with Gasteiger partial charge < -0.3 is 0 Å². The minimum absolute atomic E-state index is 0.0824. The number of nitro groups is 1. The number of fused-ring (bicyclic) bond motifs is 1. The third kappa shape index (κ3) is 1.85. The lowest BCUT2D eigenvalue weighted by molar-refractivity contribution is -0.453. The summed E-state index contributed by atoms with van der Waals surface area (Å²) in [5.74, 6) is 0.685. The SMILES string of the molecule is NC1=[N+](c2ccc([N+](=O)[O-])cc2)Cc2ccccc21. The second-order valence-electron chi connectivity index (χ2n) is 4.40. The van der Waals surface area contributed by atoms with Crippen LogP contribution < -0.4 is 5.73 Å². The number of nitro benzene ring substituents is 1. The van der Waals surface area contributed by atoms with E-state index in [1.165, 1.54) is 17.7 Å². The van der Waals surface area contributed by atoms with E-state index in [0.717, 1.165) is 11.3 Å². The van der Waals surface area contributed by atoms with Gasteiger partial charge in [-0.2, -0.15) is 0 Å². The predicted molar refractivity (Wildman–Crippen MR) is 71.5 cm³/mol. The van der Waals surface area contributed by atoms with Gasteiger partial charge in [0, 0.05) is 17.7 Å². The van der Waals surface area contributed by atoms with Crippen molar-refractivity contribution in [2.24, 2.45) is 5.73 Å². The molecule has 0 saturated heterocycles. The summed E-state index contributed by atoms with van der Waals surface area (Å²) < 4.78 is 1.95. The van der Waals surface area contributed by atoms with Crippen LogP contribution in [0.5, 0.6) is 0 Å². The monoisotopic (exact) mass is 254 g/mol. The van der Waals surface area contributed by atoms with Crippen molar-refractivity contribution in [1.29, 1.82) is 0 Å². The summed E-state index contributed by atoms with van der Waals surface area (Å²) in [6.45, 7) is 0.694. The van der Waals surface area contributed by atoms with Crippen molar-refractivity contribution in [2.75, 3.05) is 0 Å². The first kappa shape index (κ1) is 11.4. The minimum Gasteiger partial charge on any atom is -0.286 e. The Hall–Kier alpha value is -2.69. The highest BCUT2D eigenvalue weighted by atomic mass is 16.6. The Morgan fingerprint density at radius 2 is 1.79 bits per heavy atom. The van der Waals surface area contributed by atoms with Gasteiger partial charge in [0.25, 0.3) is 11.5 Å². The van der Waals surface area contributed by atoms with Crippen LogP contribution in [0.15, 0.2) is 48.5 Å². The molecule has 0 amide bonds. The molecule has 0 radical (unpaired) electrons. The van der Waals surface area contributed by atoms with Crippen LogP contribution in [0.1, 0.15) is 11.1 Å². The number of nitrogens with two attached hydrogens (primary N) is 1. The van der Waals surface area contributed by atoms with E-state index in [1.54, 1.807) is 12.1 Å². The van der Waals surface area contributed by atoms with E-state index in [4.69, 9.17) is 5.73 Å². The number of hydrogen-bond donors (Lipinski definition) is 1. The molecule has 0 atom stereocenters. The molecule has 3 rings (SSSR count). The Balaban J connectivity index is 2.01. The fourth-order valence-corrected chi connectivity index (χ4v) is 2.29. The number of benzene rings is 2. The van der Waals surface area contributed by atoms with Gasteiger partial charge in [0.1, 0.15) is 12.2 Å². The molecule has 19 heavy (non-hydrogen) atoms. The average molecular weight is 254 g/mol. The van der Waals surface area contributed by atoms with Crippen LogP contribution in [-0.4, -0.2) is 15.3 Å². The van der Waals surface area contributed by atoms with Crippen LogP contribution in [0.4, 0.5) is 11.4 Å². The standard InChI is InChI=1S/C14H11N3O2/c15-14-13-4-2-1-3-10(13)9-16(14)11-5-7-12(8-6-11)17(18)19/h1-8,15H,9H2/p+1. The summed E-state index contributed by atoms with van der Waals surface area (Å²) in [5.41, 5.74) is 9.27. The third-order valence-corrected chi connectivity index (χ3v) is 3.28. The molecular weight excluding hydrogens is 242 g/mol. The van der Waals surface area contributed by atoms with Crippen molar-refractivity contribution in [1.82, 2.24) is 0 Å². The lowest BCUT2D eigenvalue weighted by Crippen LogP contribution is -2.19. The Morgan fingerprint density at radius 3 is 2.42 bits per heavy atom. The minimum atomic E-state index is -0.407. The quantitative estimate of drug-likeness (QED) is 0.507. The second kappa shape index (κ2) is 4.20. The van der Waals surface area contributed by atoms with Crippen molar-refractivity contribution in [3.8, 4) is 0 Å². The first-order valence-electron chi connectivity index (χ1n) is 5.89. The molecule has 2 aromatic rings. The molecule has 0 saturated carbocycles. The smallest absolute Gasteiger partial charge is 0.280 e. The molecule has 0 bridgehead atoms. The van der Waals surface area contributed by atoms with E-state index >= 15 is 0 Å². The molecule has 0 aromatic heterocycles. The second-order valence-corrected chi connectivity index (χ2v) is 4.40. The van der Waals surface area contributed by atoms with Gasteiger partial charge in [0.2, 0.25) is 0 Å². The maximum absolute atomic E-state index is 10.6. The van der Waals surface area contributed by atoms with Gasteiger partial charge in [-0.05, 0) is 18.2 Å². The summed E-state index contributed by atoms with van der Waals surface area (Å²) in [7, 11) is 0. The molecule has 0 spiro atoms. The zero-order chi connectivity index (χ0) is 13.4. The highest BCUT2D eigenvalue weighted by Crippen LogP contribution is 2.25. The predicted octanol–water partition coefficient (Wildman–Crippen LogP) is 2.16. The van der Waals surface area contributed by atoms with Crippen molar-refractivity contribution < 1.29 is 9.50 Å². The molecule has 1 aliphatic heterocycles. The molecule has 94 valence electrons. The maximum Gasteiger partial charge on any atom is 0.280 e. The van der Waals surface area contributed by atoms with Crippen LogP contribution >= 0.6 is 0 Å². The summed E-state index contributed by atoms with van der Waals surface area (Å²) in [5, 5.41) is 10.6. The van der Waals surface area contributed by atoms with Gasteiger partial charge in [-0.1, -0.05) is 18.2 Å². The number of non-ortho nitro benzene ring substituents is 1. The largest absolute Gasteiger partial charge is 0.286 e. The third-order valence-electron chi connectivity index (χ3n) is 3.28. The Kier molecular flexibility index (Phi) is 2.52. The van der Waals surface area contributed by atoms with Gasteiger partial charge >= 0.3 is 0 Å². The maximum atomic E-state index is 10.6. The molecule has 1 aliphatic rings. The number of amidine groups is 1. The Labute approximate surface area is 109 Å². The average Bonchev–Trinajstić information content (AvgIpc) is 2.77. The highest BCUT2D eigenvalue weighted by Gasteiger charge is 2.25. The Morgan fingerprint density at radius 1 is 1.11 bits per heavy atom. The summed E-state index contributed by atoms with van der Waals surface area (Å²) in [6, 6.07) is 14.4. The number of hydrogen-bond acceptors (Lipinski definition) is 3. The van der Waals surface area contributed by atoms with Gasteiger partial charge in [0.15, 0.2) is 0 Å². The topological polar surface area (TPSA) is 72.2 Å².